The lowest BCUT2D eigenvalue weighted by Crippen LogP contribution is -2.30. The Morgan fingerprint density at radius 1 is 1.04 bits per heavy atom. The molecule has 0 bridgehead atoms. The Morgan fingerprint density at radius 3 is 2.61 bits per heavy atom. The highest BCUT2D eigenvalue weighted by Crippen LogP contribution is 2.39. The van der Waals surface area contributed by atoms with Crippen LogP contribution in [0.5, 0.6) is 5.75 Å². The summed E-state index contributed by atoms with van der Waals surface area (Å²) >= 11 is 1.80. The Labute approximate surface area is 170 Å². The summed E-state index contributed by atoms with van der Waals surface area (Å²) in [5, 5.41) is 0.0223. The molecule has 1 atom stereocenters. The van der Waals surface area contributed by atoms with Crippen molar-refractivity contribution < 1.29 is 9.53 Å². The fourth-order valence-electron chi connectivity index (χ4n) is 3.31. The number of hydrogen-bond acceptors (Lipinski definition) is 3. The zero-order valence-electron chi connectivity index (χ0n) is 15.9. The third kappa shape index (κ3) is 4.23. The van der Waals surface area contributed by atoms with Gasteiger partial charge >= 0.3 is 0 Å². The van der Waals surface area contributed by atoms with Gasteiger partial charge in [-0.15, -0.1) is 11.8 Å². The van der Waals surface area contributed by atoms with E-state index in [0.717, 1.165) is 40.3 Å². The number of carbonyl (C=O) groups is 1. The smallest absolute Gasteiger partial charge is 0.255 e. The standard InChI is InChI=1S/C24H23NO2S/c1-18-10-12-20(13-11-18)23(26)25-14-15-28-24(25)21-8-5-9-22(16-21)27-17-19-6-3-2-4-7-19/h2-13,16,24H,14-15,17H2,1H3/t24-/m0/s1. The highest BCUT2D eigenvalue weighted by atomic mass is 32.2. The van der Waals surface area contributed by atoms with Crippen LogP contribution in [0.1, 0.15) is 32.4 Å². The molecule has 142 valence electrons. The number of carbonyl (C=O) groups excluding carboxylic acids is 1. The van der Waals surface area contributed by atoms with E-state index in [2.05, 4.69) is 24.3 Å². The first-order chi connectivity index (χ1) is 13.7. The summed E-state index contributed by atoms with van der Waals surface area (Å²) < 4.78 is 5.97. The molecule has 1 saturated heterocycles. The van der Waals surface area contributed by atoms with Crippen LogP contribution < -0.4 is 4.74 Å². The second kappa shape index (κ2) is 8.53. The fourth-order valence-corrected chi connectivity index (χ4v) is 4.56. The largest absolute Gasteiger partial charge is 0.489 e. The molecule has 1 heterocycles. The molecule has 0 unspecified atom stereocenters. The molecule has 3 aromatic carbocycles. The number of ether oxygens (including phenoxy) is 1. The Morgan fingerprint density at radius 2 is 1.82 bits per heavy atom. The van der Waals surface area contributed by atoms with Crippen LogP contribution in [-0.4, -0.2) is 23.1 Å². The lowest BCUT2D eigenvalue weighted by molar-refractivity contribution is 0.0760. The monoisotopic (exact) mass is 389 g/mol. The molecule has 1 amide bonds. The van der Waals surface area contributed by atoms with Gasteiger partial charge in [-0.05, 0) is 42.3 Å². The quantitative estimate of drug-likeness (QED) is 0.580. The summed E-state index contributed by atoms with van der Waals surface area (Å²) in [7, 11) is 0. The Hall–Kier alpha value is -2.72. The van der Waals surface area contributed by atoms with Crippen molar-refractivity contribution in [1.82, 2.24) is 4.90 Å². The van der Waals surface area contributed by atoms with Gasteiger partial charge in [-0.2, -0.15) is 0 Å². The molecule has 1 aliphatic rings. The van der Waals surface area contributed by atoms with E-state index in [0.29, 0.717) is 6.61 Å². The number of amides is 1. The van der Waals surface area contributed by atoms with E-state index in [-0.39, 0.29) is 11.3 Å². The van der Waals surface area contributed by atoms with Crippen molar-refractivity contribution in [2.24, 2.45) is 0 Å². The summed E-state index contributed by atoms with van der Waals surface area (Å²) in [6.07, 6.45) is 0. The van der Waals surface area contributed by atoms with Crippen LogP contribution in [0.3, 0.4) is 0 Å². The maximum absolute atomic E-state index is 13.0. The first-order valence-electron chi connectivity index (χ1n) is 9.46. The molecule has 0 spiro atoms. The van der Waals surface area contributed by atoms with Gasteiger partial charge in [0.25, 0.3) is 5.91 Å². The van der Waals surface area contributed by atoms with Gasteiger partial charge < -0.3 is 9.64 Å². The van der Waals surface area contributed by atoms with Crippen LogP contribution in [0.4, 0.5) is 0 Å². The van der Waals surface area contributed by atoms with Gasteiger partial charge in [0.2, 0.25) is 0 Å². The Balaban J connectivity index is 1.49. The molecular weight excluding hydrogens is 366 g/mol. The average molecular weight is 390 g/mol. The van der Waals surface area contributed by atoms with Gasteiger partial charge in [0.05, 0.1) is 0 Å². The van der Waals surface area contributed by atoms with Crippen molar-refractivity contribution in [3.8, 4) is 5.75 Å². The first-order valence-corrected chi connectivity index (χ1v) is 10.5. The molecule has 0 aromatic heterocycles. The lowest BCUT2D eigenvalue weighted by atomic mass is 10.1. The minimum absolute atomic E-state index is 0.0223. The van der Waals surface area contributed by atoms with Gasteiger partial charge in [-0.25, -0.2) is 0 Å². The molecule has 0 N–H and O–H groups in total. The molecular formula is C24H23NO2S. The molecule has 1 aliphatic heterocycles. The lowest BCUT2D eigenvalue weighted by Gasteiger charge is -2.24. The molecule has 0 saturated carbocycles. The highest BCUT2D eigenvalue weighted by Gasteiger charge is 2.31. The normalized spacial score (nSPS) is 16.2. The zero-order chi connectivity index (χ0) is 19.3. The number of benzene rings is 3. The van der Waals surface area contributed by atoms with Crippen LogP contribution >= 0.6 is 11.8 Å². The Bertz CT molecular complexity index is 940. The summed E-state index contributed by atoms with van der Waals surface area (Å²) in [6.45, 7) is 3.33. The van der Waals surface area contributed by atoms with Gasteiger partial charge in [0.15, 0.2) is 0 Å². The number of hydrogen-bond donors (Lipinski definition) is 0. The predicted octanol–water partition coefficient (Wildman–Crippen LogP) is 5.46. The second-order valence-corrected chi connectivity index (χ2v) is 8.12. The third-order valence-corrected chi connectivity index (χ3v) is 6.10. The number of aryl methyl sites for hydroxylation is 1. The van der Waals surface area contributed by atoms with Crippen molar-refractivity contribution >= 4 is 17.7 Å². The van der Waals surface area contributed by atoms with Gasteiger partial charge in [-0.1, -0.05) is 60.2 Å². The van der Waals surface area contributed by atoms with E-state index in [4.69, 9.17) is 4.74 Å². The highest BCUT2D eigenvalue weighted by molar-refractivity contribution is 7.99. The number of nitrogens with zero attached hydrogens (tertiary/aromatic N) is 1. The second-order valence-electron chi connectivity index (χ2n) is 6.93. The summed E-state index contributed by atoms with van der Waals surface area (Å²) in [5.41, 5.74) is 4.15. The molecule has 4 heteroatoms. The van der Waals surface area contributed by atoms with E-state index in [1.807, 2.05) is 66.4 Å². The minimum Gasteiger partial charge on any atom is -0.489 e. The number of thioether (sulfide) groups is 1. The summed E-state index contributed by atoms with van der Waals surface area (Å²) in [4.78, 5) is 15.0. The van der Waals surface area contributed by atoms with Crippen LogP contribution in [0, 0.1) is 6.92 Å². The summed E-state index contributed by atoms with van der Waals surface area (Å²) in [5.74, 6) is 1.86. The molecule has 0 radical (unpaired) electrons. The third-order valence-electron chi connectivity index (χ3n) is 4.84. The maximum atomic E-state index is 13.0. The van der Waals surface area contributed by atoms with Crippen molar-refractivity contribution in [1.29, 1.82) is 0 Å². The molecule has 1 fully saturated rings. The van der Waals surface area contributed by atoms with Crippen LogP contribution in [0.25, 0.3) is 0 Å². The van der Waals surface area contributed by atoms with Gasteiger partial charge in [0.1, 0.15) is 17.7 Å². The van der Waals surface area contributed by atoms with E-state index < -0.39 is 0 Å². The Kier molecular flexibility index (Phi) is 5.68. The molecule has 3 nitrogen and oxygen atoms in total. The van der Waals surface area contributed by atoms with E-state index >= 15 is 0 Å². The van der Waals surface area contributed by atoms with Crippen LogP contribution in [0.2, 0.25) is 0 Å². The fraction of sp³-hybridized carbons (Fsp3) is 0.208. The molecule has 3 aromatic rings. The maximum Gasteiger partial charge on any atom is 0.255 e. The minimum atomic E-state index is 0.0223. The topological polar surface area (TPSA) is 29.5 Å². The van der Waals surface area contributed by atoms with Crippen LogP contribution in [-0.2, 0) is 6.61 Å². The average Bonchev–Trinajstić information content (AvgIpc) is 3.23. The zero-order valence-corrected chi connectivity index (χ0v) is 16.7. The number of rotatable bonds is 5. The van der Waals surface area contributed by atoms with Crippen molar-refractivity contribution in [2.45, 2.75) is 18.9 Å². The van der Waals surface area contributed by atoms with Gasteiger partial charge in [0, 0.05) is 17.9 Å². The molecule has 0 aliphatic carbocycles. The van der Waals surface area contributed by atoms with Gasteiger partial charge in [-0.3, -0.25) is 4.79 Å². The van der Waals surface area contributed by atoms with E-state index in [9.17, 15) is 4.79 Å². The molecule has 28 heavy (non-hydrogen) atoms. The van der Waals surface area contributed by atoms with E-state index in [1.54, 1.807) is 11.8 Å². The van der Waals surface area contributed by atoms with Crippen molar-refractivity contribution in [3.63, 3.8) is 0 Å². The van der Waals surface area contributed by atoms with Crippen molar-refractivity contribution in [2.75, 3.05) is 12.3 Å². The van der Waals surface area contributed by atoms with E-state index in [1.165, 1.54) is 0 Å². The van der Waals surface area contributed by atoms with Crippen molar-refractivity contribution in [3.05, 3.63) is 101 Å². The molecule has 4 rings (SSSR count). The predicted molar refractivity (Wildman–Crippen MR) is 115 cm³/mol. The van der Waals surface area contributed by atoms with Crippen LogP contribution in [0.15, 0.2) is 78.9 Å². The first kappa shape index (κ1) is 18.6. The SMILES string of the molecule is Cc1ccc(C(=O)N2CCS[C@H]2c2cccc(OCc3ccccc3)c2)cc1. The summed E-state index contributed by atoms with van der Waals surface area (Å²) in [6, 6.07) is 26.0.